The van der Waals surface area contributed by atoms with Crippen LogP contribution in [0.25, 0.3) is 0 Å². The van der Waals surface area contributed by atoms with Gasteiger partial charge in [-0.1, -0.05) is 350 Å². The number of hydrogen-bond donors (Lipinski definition) is 0. The van der Waals surface area contributed by atoms with Crippen LogP contribution in [-0.2, 0) is 83.7 Å². The third-order valence-corrected chi connectivity index (χ3v) is 20.6. The minimum Gasteiger partial charge on any atom is -0.462 e. The van der Waals surface area contributed by atoms with E-state index < -0.39 is 69.0 Å². The Kier molecular flexibility index (Phi) is 47.4. The van der Waals surface area contributed by atoms with Crippen LogP contribution < -0.4 is 0 Å². The predicted octanol–water partition coefficient (Wildman–Crippen LogP) is 23.1. The molecule has 0 spiro atoms. The second-order valence-corrected chi connectivity index (χ2v) is 29.8. The van der Waals surface area contributed by atoms with E-state index in [9.17, 15) is 9.59 Å². The molecule has 2 saturated heterocycles. The molecule has 2 aliphatic rings. The van der Waals surface area contributed by atoms with Crippen molar-refractivity contribution in [2.75, 3.05) is 6.61 Å². The number of rotatable bonds is 61. The first-order chi connectivity index (χ1) is 48.5. The molecule has 0 N–H and O–H groups in total. The number of phosphoric acid groups is 1. The minimum absolute atomic E-state index is 0.105. The number of fused-ring (bicyclic) bond motifs is 1. The van der Waals surface area contributed by atoms with Crippen LogP contribution in [0, 0.1) is 0 Å². The van der Waals surface area contributed by atoms with E-state index in [1.54, 1.807) is 0 Å². The highest BCUT2D eigenvalue weighted by Gasteiger charge is 2.56. The standard InChI is InChI=1S/C83H133O15P/c1-5-9-13-17-21-25-27-31-35-39-52-62-75(84)92-72(60-50-37-33-29-23-19-15-11-7-3)64-77(86)95-80-79-74(68-89-82(97-79)71-58-48-43-49-59-71)94-83(98-99(88,90-66-69-54-44-41-45-55-69)91-67-70-56-46-42-47-57-70)81(80)96-78(87)65-73(61-51-38-34-30-24-20-16-12-8-4)93-76(85)63-53-40-36-32-28-26-22-18-14-10-6-2/h41-49,54-59,72-74,79-83H,5-40,50-53,60-68H2,1-4H3/t72-,73-,74-,79-,80+,81-,82?,83-/m1/s1. The summed E-state index contributed by atoms with van der Waals surface area (Å²) < 4.78 is 79.8. The zero-order chi connectivity index (χ0) is 70.5. The number of carbonyl (C=O) groups excluding carboxylic acids is 4. The fraction of sp³-hybridized carbons (Fsp3) is 0.735. The monoisotopic (exact) mass is 1400 g/mol. The van der Waals surface area contributed by atoms with Crippen LogP contribution in [0.4, 0.5) is 0 Å². The van der Waals surface area contributed by atoms with Crippen molar-refractivity contribution >= 4 is 31.7 Å². The lowest BCUT2D eigenvalue weighted by atomic mass is 9.97. The van der Waals surface area contributed by atoms with Gasteiger partial charge < -0.3 is 33.2 Å². The van der Waals surface area contributed by atoms with Crippen LogP contribution in [0.5, 0.6) is 0 Å². The molecule has 0 bridgehead atoms. The van der Waals surface area contributed by atoms with E-state index in [1.807, 2.05) is 91.0 Å². The zero-order valence-corrected chi connectivity index (χ0v) is 62.9. The highest BCUT2D eigenvalue weighted by atomic mass is 31.2. The first kappa shape index (κ1) is 85.2. The van der Waals surface area contributed by atoms with Crippen molar-refractivity contribution < 1.29 is 70.5 Å². The van der Waals surface area contributed by atoms with Gasteiger partial charge in [-0.2, -0.15) is 0 Å². The van der Waals surface area contributed by atoms with Gasteiger partial charge in [0.05, 0.1) is 32.7 Å². The molecule has 16 heteroatoms. The molecule has 3 aromatic carbocycles. The van der Waals surface area contributed by atoms with Crippen LogP contribution in [0.1, 0.15) is 346 Å². The third kappa shape index (κ3) is 39.1. The van der Waals surface area contributed by atoms with E-state index in [2.05, 4.69) is 27.7 Å². The van der Waals surface area contributed by atoms with Crippen molar-refractivity contribution in [2.24, 2.45) is 0 Å². The molecule has 15 nitrogen and oxygen atoms in total. The van der Waals surface area contributed by atoms with Gasteiger partial charge in [0.2, 0.25) is 6.29 Å². The summed E-state index contributed by atoms with van der Waals surface area (Å²) in [5.74, 6) is -2.26. The van der Waals surface area contributed by atoms with E-state index in [-0.39, 0.29) is 57.4 Å². The normalized spacial score (nSPS) is 18.3. The number of benzene rings is 3. The van der Waals surface area contributed by atoms with E-state index in [1.165, 1.54) is 148 Å². The first-order valence-electron chi connectivity index (χ1n) is 39.9. The summed E-state index contributed by atoms with van der Waals surface area (Å²) >= 11 is 0. The molecule has 1 unspecified atom stereocenters. The number of ether oxygens (including phenoxy) is 7. The Bertz CT molecular complexity index is 2490. The molecular weight excluding hydrogens is 1270 g/mol. The zero-order valence-electron chi connectivity index (χ0n) is 62.0. The largest absolute Gasteiger partial charge is 0.477 e. The lowest BCUT2D eigenvalue weighted by Crippen LogP contribution is -2.64. The molecule has 2 fully saturated rings. The molecule has 0 radical (unpaired) electrons. The molecule has 5 rings (SSSR count). The van der Waals surface area contributed by atoms with E-state index in [0.29, 0.717) is 42.4 Å². The van der Waals surface area contributed by atoms with Gasteiger partial charge >= 0.3 is 31.7 Å². The Morgan fingerprint density at radius 1 is 0.404 bits per heavy atom. The van der Waals surface area contributed by atoms with Crippen LogP contribution in [0.2, 0.25) is 0 Å². The molecule has 560 valence electrons. The van der Waals surface area contributed by atoms with Gasteiger partial charge in [0.25, 0.3) is 0 Å². The molecule has 0 aromatic heterocycles. The Labute approximate surface area is 599 Å². The fourth-order valence-electron chi connectivity index (χ4n) is 13.3. The fourth-order valence-corrected chi connectivity index (χ4v) is 14.5. The molecule has 99 heavy (non-hydrogen) atoms. The van der Waals surface area contributed by atoms with E-state index in [0.717, 1.165) is 96.3 Å². The van der Waals surface area contributed by atoms with Gasteiger partial charge in [-0.05, 0) is 49.7 Å². The van der Waals surface area contributed by atoms with Crippen molar-refractivity contribution in [1.29, 1.82) is 0 Å². The van der Waals surface area contributed by atoms with Crippen molar-refractivity contribution in [3.05, 3.63) is 108 Å². The highest BCUT2D eigenvalue weighted by Crippen LogP contribution is 2.54. The van der Waals surface area contributed by atoms with Crippen LogP contribution in [0.15, 0.2) is 91.0 Å². The smallest absolute Gasteiger partial charge is 0.462 e. The molecular formula is C83H133O15P. The second-order valence-electron chi connectivity index (χ2n) is 28.1. The molecule has 2 aliphatic heterocycles. The number of phosphoric ester groups is 1. The maximum absolute atomic E-state index is 15.5. The molecule has 8 atom stereocenters. The van der Waals surface area contributed by atoms with Gasteiger partial charge in [0.15, 0.2) is 18.5 Å². The maximum atomic E-state index is 15.5. The molecule has 0 aliphatic carbocycles. The van der Waals surface area contributed by atoms with Gasteiger partial charge in [-0.25, -0.2) is 4.57 Å². The Hall–Kier alpha value is -4.47. The van der Waals surface area contributed by atoms with Gasteiger partial charge in [0, 0.05) is 18.4 Å². The van der Waals surface area contributed by atoms with Gasteiger partial charge in [-0.3, -0.25) is 32.7 Å². The summed E-state index contributed by atoms with van der Waals surface area (Å²) in [7, 11) is -4.73. The number of unbranched alkanes of at least 4 members (excludes halogenated alkanes) is 36. The minimum atomic E-state index is -4.73. The lowest BCUT2D eigenvalue weighted by Gasteiger charge is -2.48. The Morgan fingerprint density at radius 3 is 1.11 bits per heavy atom. The quantitative estimate of drug-likeness (QED) is 0.0225. The summed E-state index contributed by atoms with van der Waals surface area (Å²) in [4.78, 5) is 57.8. The van der Waals surface area contributed by atoms with E-state index in [4.69, 9.17) is 46.7 Å². The average Bonchev–Trinajstić information content (AvgIpc) is 0.765. The highest BCUT2D eigenvalue weighted by molar-refractivity contribution is 7.48. The summed E-state index contributed by atoms with van der Waals surface area (Å²) in [6.07, 6.45) is 35.9. The van der Waals surface area contributed by atoms with Crippen LogP contribution in [0.3, 0.4) is 0 Å². The van der Waals surface area contributed by atoms with Crippen molar-refractivity contribution in [1.82, 2.24) is 0 Å². The molecule has 2 heterocycles. The number of hydrogen-bond acceptors (Lipinski definition) is 15. The Morgan fingerprint density at radius 2 is 0.737 bits per heavy atom. The topological polar surface area (TPSA) is 178 Å². The lowest BCUT2D eigenvalue weighted by molar-refractivity contribution is -0.353. The van der Waals surface area contributed by atoms with Gasteiger partial charge in [0.1, 0.15) is 24.4 Å². The van der Waals surface area contributed by atoms with Crippen LogP contribution in [-0.4, -0.2) is 73.4 Å². The van der Waals surface area contributed by atoms with Crippen molar-refractivity contribution in [3.63, 3.8) is 0 Å². The first-order valence-corrected chi connectivity index (χ1v) is 41.4. The van der Waals surface area contributed by atoms with Gasteiger partial charge in [-0.15, -0.1) is 0 Å². The average molecular weight is 1400 g/mol. The second kappa shape index (κ2) is 55.1. The summed E-state index contributed by atoms with van der Waals surface area (Å²) in [6.45, 7) is 8.44. The third-order valence-electron chi connectivity index (χ3n) is 19.2. The van der Waals surface area contributed by atoms with Crippen molar-refractivity contribution in [2.45, 2.75) is 385 Å². The molecule has 3 aromatic rings. The maximum Gasteiger partial charge on any atom is 0.477 e. The summed E-state index contributed by atoms with van der Waals surface area (Å²) in [6, 6.07) is 27.7. The number of carbonyl (C=O) groups is 4. The predicted molar refractivity (Wildman–Crippen MR) is 394 cm³/mol. The molecule has 0 saturated carbocycles. The SMILES string of the molecule is CCCCCCCCCCCCCC(=O)O[C@H](CCCCCCCCCCC)CC(=O)O[C@@H]1[C@@H](OC(=O)C[C@@H](CCCCCCCCCCC)OC(=O)CCCCCCCCCCCCC)[C@@H](OP(=O)(OCc2ccccc2)OCc2ccccc2)O[C@@H]2COC(c3ccccc3)O[C@@H]12. The molecule has 0 amide bonds. The summed E-state index contributed by atoms with van der Waals surface area (Å²) in [5.41, 5.74) is 2.04. The van der Waals surface area contributed by atoms with E-state index >= 15 is 14.2 Å². The van der Waals surface area contributed by atoms with Crippen LogP contribution >= 0.6 is 7.82 Å². The summed E-state index contributed by atoms with van der Waals surface area (Å²) in [5, 5.41) is 0. The van der Waals surface area contributed by atoms with Crippen molar-refractivity contribution in [3.8, 4) is 0 Å². The Balaban J connectivity index is 1.44. The number of esters is 4.